The molecule has 0 saturated heterocycles. The van der Waals surface area contributed by atoms with Crippen molar-refractivity contribution in [2.45, 2.75) is 13.5 Å². The first-order valence-corrected chi connectivity index (χ1v) is 6.84. The first-order chi connectivity index (χ1) is 8.54. The Labute approximate surface area is 109 Å². The minimum Gasteiger partial charge on any atom is -0.476 e. The van der Waals surface area contributed by atoms with Gasteiger partial charge in [-0.25, -0.2) is 9.48 Å². The number of aromatic nitrogens is 3. The summed E-state index contributed by atoms with van der Waals surface area (Å²) >= 11 is 1.62. The predicted molar refractivity (Wildman–Crippen MR) is 67.5 cm³/mol. The Balaban J connectivity index is 2.32. The highest BCUT2D eigenvalue weighted by Gasteiger charge is 2.12. The fourth-order valence-corrected chi connectivity index (χ4v) is 1.95. The Morgan fingerprint density at radius 3 is 2.89 bits per heavy atom. The van der Waals surface area contributed by atoms with Crippen molar-refractivity contribution in [2.75, 3.05) is 18.6 Å². The van der Waals surface area contributed by atoms with Crippen LogP contribution in [0, 0.1) is 5.92 Å². The fraction of sp³-hybridized carbons (Fsp3) is 0.600. The van der Waals surface area contributed by atoms with Gasteiger partial charge in [0.2, 0.25) is 5.91 Å². The molecule has 0 fully saturated rings. The predicted octanol–water partition coefficient (Wildman–Crippen LogP) is 0.0916. The Kier molecular flexibility index (Phi) is 5.63. The molecular formula is C10H16N4O3S. The van der Waals surface area contributed by atoms with E-state index in [-0.39, 0.29) is 17.5 Å². The summed E-state index contributed by atoms with van der Waals surface area (Å²) in [6, 6.07) is 0. The third-order valence-corrected chi connectivity index (χ3v) is 3.10. The van der Waals surface area contributed by atoms with Crippen molar-refractivity contribution in [2.24, 2.45) is 5.92 Å². The number of nitrogens with zero attached hydrogens (tertiary/aromatic N) is 3. The van der Waals surface area contributed by atoms with Gasteiger partial charge in [-0.2, -0.15) is 11.8 Å². The van der Waals surface area contributed by atoms with Crippen molar-refractivity contribution in [1.82, 2.24) is 20.3 Å². The molecule has 100 valence electrons. The summed E-state index contributed by atoms with van der Waals surface area (Å²) < 4.78 is 1.39. The molecule has 0 bridgehead atoms. The number of carbonyl (C=O) groups is 2. The zero-order chi connectivity index (χ0) is 13.5. The highest BCUT2D eigenvalue weighted by atomic mass is 32.2. The van der Waals surface area contributed by atoms with Gasteiger partial charge >= 0.3 is 5.97 Å². The number of hydrogen-bond donors (Lipinski definition) is 2. The van der Waals surface area contributed by atoms with Crippen LogP contribution in [0.4, 0.5) is 0 Å². The van der Waals surface area contributed by atoms with Crippen LogP contribution in [0.1, 0.15) is 17.4 Å². The molecule has 0 aromatic carbocycles. The number of aromatic carboxylic acids is 1. The van der Waals surface area contributed by atoms with Crippen LogP contribution in [-0.4, -0.2) is 50.5 Å². The lowest BCUT2D eigenvalue weighted by Crippen LogP contribution is -2.32. The molecule has 1 unspecified atom stereocenters. The average molecular weight is 272 g/mol. The lowest BCUT2D eigenvalue weighted by molar-refractivity contribution is -0.123. The van der Waals surface area contributed by atoms with Crippen LogP contribution in [0.15, 0.2) is 6.20 Å². The van der Waals surface area contributed by atoms with Gasteiger partial charge in [0.05, 0.1) is 12.7 Å². The van der Waals surface area contributed by atoms with Crippen LogP contribution in [-0.2, 0) is 11.3 Å². The molecule has 1 heterocycles. The molecule has 0 aliphatic carbocycles. The van der Waals surface area contributed by atoms with Crippen LogP contribution in [0.25, 0.3) is 0 Å². The molecule has 0 saturated carbocycles. The molecule has 18 heavy (non-hydrogen) atoms. The van der Waals surface area contributed by atoms with E-state index < -0.39 is 5.97 Å². The number of rotatable bonds is 7. The van der Waals surface area contributed by atoms with Gasteiger partial charge in [0.25, 0.3) is 0 Å². The van der Waals surface area contributed by atoms with E-state index in [1.54, 1.807) is 11.8 Å². The minimum absolute atomic E-state index is 0.0112. The molecule has 0 radical (unpaired) electrons. The van der Waals surface area contributed by atoms with Gasteiger partial charge in [0.15, 0.2) is 5.69 Å². The number of thioether (sulfide) groups is 1. The third kappa shape index (κ3) is 4.36. The summed E-state index contributed by atoms with van der Waals surface area (Å²) in [7, 11) is 0. The maximum atomic E-state index is 11.6. The van der Waals surface area contributed by atoms with Crippen LogP contribution >= 0.6 is 11.8 Å². The highest BCUT2D eigenvalue weighted by molar-refractivity contribution is 7.98. The Hall–Kier alpha value is -1.57. The number of carboxylic acid groups (broad SMARTS) is 1. The molecule has 1 atom stereocenters. The lowest BCUT2D eigenvalue weighted by atomic mass is 10.2. The standard InChI is InChI=1S/C10H16N4O3S/c1-7(6-18-2)9(15)11-3-4-14-5-8(10(16)17)12-13-14/h5,7H,3-4,6H2,1-2H3,(H,11,15)(H,16,17). The van der Waals surface area contributed by atoms with Crippen LogP contribution in [0.2, 0.25) is 0 Å². The fourth-order valence-electron chi connectivity index (χ4n) is 1.30. The minimum atomic E-state index is -1.11. The largest absolute Gasteiger partial charge is 0.476 e. The number of hydrogen-bond acceptors (Lipinski definition) is 5. The van der Waals surface area contributed by atoms with Crippen LogP contribution in [0.3, 0.4) is 0 Å². The normalized spacial score (nSPS) is 12.1. The van der Waals surface area contributed by atoms with E-state index in [4.69, 9.17) is 5.11 Å². The molecule has 2 N–H and O–H groups in total. The van der Waals surface area contributed by atoms with Gasteiger partial charge < -0.3 is 10.4 Å². The molecule has 1 amide bonds. The van der Waals surface area contributed by atoms with E-state index in [0.29, 0.717) is 13.1 Å². The summed E-state index contributed by atoms with van der Waals surface area (Å²) in [5.41, 5.74) is -0.0999. The van der Waals surface area contributed by atoms with Gasteiger partial charge in [-0.3, -0.25) is 4.79 Å². The van der Waals surface area contributed by atoms with Crippen molar-refractivity contribution in [3.05, 3.63) is 11.9 Å². The Bertz CT molecular complexity index is 421. The topological polar surface area (TPSA) is 97.1 Å². The molecule has 1 aromatic rings. The second-order valence-electron chi connectivity index (χ2n) is 3.82. The number of carbonyl (C=O) groups excluding carboxylic acids is 1. The SMILES string of the molecule is CSCC(C)C(=O)NCCn1cc(C(=O)O)nn1. The van der Waals surface area contributed by atoms with Gasteiger partial charge in [0, 0.05) is 18.2 Å². The summed E-state index contributed by atoms with van der Waals surface area (Å²) in [4.78, 5) is 22.1. The lowest BCUT2D eigenvalue weighted by Gasteiger charge is -2.10. The summed E-state index contributed by atoms with van der Waals surface area (Å²) in [6.07, 6.45) is 3.28. The van der Waals surface area contributed by atoms with E-state index >= 15 is 0 Å². The van der Waals surface area contributed by atoms with Gasteiger partial charge in [-0.1, -0.05) is 12.1 Å². The molecule has 0 aliphatic heterocycles. The van der Waals surface area contributed by atoms with Gasteiger partial charge in [-0.15, -0.1) is 5.10 Å². The summed E-state index contributed by atoms with van der Waals surface area (Å²) in [6.45, 7) is 2.67. The van der Waals surface area contributed by atoms with Crippen molar-refractivity contribution in [1.29, 1.82) is 0 Å². The second kappa shape index (κ2) is 7.00. The van der Waals surface area contributed by atoms with E-state index in [1.807, 2.05) is 13.2 Å². The van der Waals surface area contributed by atoms with Crippen LogP contribution < -0.4 is 5.32 Å². The molecule has 8 heteroatoms. The summed E-state index contributed by atoms with van der Waals surface area (Å²) in [5, 5.41) is 18.5. The first-order valence-electron chi connectivity index (χ1n) is 5.44. The molecule has 0 aliphatic rings. The maximum absolute atomic E-state index is 11.6. The zero-order valence-corrected chi connectivity index (χ0v) is 11.1. The third-order valence-electron chi connectivity index (χ3n) is 2.26. The number of amides is 1. The Morgan fingerprint density at radius 1 is 1.61 bits per heavy atom. The number of nitrogens with one attached hydrogen (secondary N) is 1. The van der Waals surface area contributed by atoms with E-state index in [9.17, 15) is 9.59 Å². The monoisotopic (exact) mass is 272 g/mol. The Morgan fingerprint density at radius 2 is 2.33 bits per heavy atom. The van der Waals surface area contributed by atoms with Crippen molar-refractivity contribution < 1.29 is 14.7 Å². The van der Waals surface area contributed by atoms with Gasteiger partial charge in [0.1, 0.15) is 0 Å². The van der Waals surface area contributed by atoms with Crippen molar-refractivity contribution >= 4 is 23.6 Å². The molecule has 1 rings (SSSR count). The van der Waals surface area contributed by atoms with E-state index in [0.717, 1.165) is 5.75 Å². The van der Waals surface area contributed by atoms with Crippen LogP contribution in [0.5, 0.6) is 0 Å². The van der Waals surface area contributed by atoms with Crippen molar-refractivity contribution in [3.8, 4) is 0 Å². The number of carboxylic acids is 1. The van der Waals surface area contributed by atoms with Gasteiger partial charge in [-0.05, 0) is 6.26 Å². The highest BCUT2D eigenvalue weighted by Crippen LogP contribution is 2.03. The zero-order valence-electron chi connectivity index (χ0n) is 10.3. The maximum Gasteiger partial charge on any atom is 0.358 e. The molecule has 1 aromatic heterocycles. The first kappa shape index (κ1) is 14.5. The molecule has 0 spiro atoms. The van der Waals surface area contributed by atoms with E-state index in [1.165, 1.54) is 10.9 Å². The van der Waals surface area contributed by atoms with Crippen molar-refractivity contribution in [3.63, 3.8) is 0 Å². The summed E-state index contributed by atoms with van der Waals surface area (Å²) in [5.74, 6) is -0.384. The molecule has 7 nitrogen and oxygen atoms in total. The molecular weight excluding hydrogens is 256 g/mol. The smallest absolute Gasteiger partial charge is 0.358 e. The average Bonchev–Trinajstić information content (AvgIpc) is 2.78. The quantitative estimate of drug-likeness (QED) is 0.730. The van der Waals surface area contributed by atoms with E-state index in [2.05, 4.69) is 15.6 Å². The second-order valence-corrected chi connectivity index (χ2v) is 4.73.